The molecule has 0 rings (SSSR count). The van der Waals surface area contributed by atoms with Crippen LogP contribution in [0.15, 0.2) is 0 Å². The summed E-state index contributed by atoms with van der Waals surface area (Å²) in [6.45, 7) is 8.89. The van der Waals surface area contributed by atoms with Crippen LogP contribution in [-0.4, -0.2) is 29.2 Å². The van der Waals surface area contributed by atoms with Gasteiger partial charge in [-0.15, -0.1) is 0 Å². The highest BCUT2D eigenvalue weighted by Gasteiger charge is 2.08. The van der Waals surface area contributed by atoms with E-state index < -0.39 is 9.04 Å². The number of rotatable bonds is 6. The van der Waals surface area contributed by atoms with Gasteiger partial charge in [0.25, 0.3) is 0 Å². The maximum atomic E-state index is 5.31. The van der Waals surface area contributed by atoms with Crippen molar-refractivity contribution >= 4 is 9.04 Å². The fourth-order valence-corrected chi connectivity index (χ4v) is 2.63. The third kappa shape index (κ3) is 6.53. The SMILES string of the molecule is CCNCC(C)C[SiH](C)OC. The van der Waals surface area contributed by atoms with Crippen LogP contribution < -0.4 is 5.32 Å². The van der Waals surface area contributed by atoms with Crippen molar-refractivity contribution in [3.05, 3.63) is 0 Å². The van der Waals surface area contributed by atoms with Crippen LogP contribution in [0.3, 0.4) is 0 Å². The highest BCUT2D eigenvalue weighted by molar-refractivity contribution is 6.50. The second kappa shape index (κ2) is 6.82. The van der Waals surface area contributed by atoms with E-state index in [1.165, 1.54) is 6.04 Å². The molecule has 0 aliphatic carbocycles. The second-order valence-electron chi connectivity index (χ2n) is 3.19. The molecular formula is C8H21NOSi. The van der Waals surface area contributed by atoms with E-state index in [0.29, 0.717) is 0 Å². The second-order valence-corrected chi connectivity index (χ2v) is 5.76. The first kappa shape index (κ1) is 11.1. The van der Waals surface area contributed by atoms with E-state index in [-0.39, 0.29) is 0 Å². The summed E-state index contributed by atoms with van der Waals surface area (Å²) < 4.78 is 5.31. The van der Waals surface area contributed by atoms with Crippen LogP contribution in [0.2, 0.25) is 12.6 Å². The van der Waals surface area contributed by atoms with E-state index in [1.807, 2.05) is 7.11 Å². The highest BCUT2D eigenvalue weighted by atomic mass is 28.3. The smallest absolute Gasteiger partial charge is 0.173 e. The Balaban J connectivity index is 3.27. The van der Waals surface area contributed by atoms with Crippen LogP contribution >= 0.6 is 0 Å². The lowest BCUT2D eigenvalue weighted by Gasteiger charge is -2.14. The van der Waals surface area contributed by atoms with Crippen molar-refractivity contribution < 1.29 is 4.43 Å². The normalized spacial score (nSPS) is 16.4. The first-order valence-electron chi connectivity index (χ1n) is 4.44. The summed E-state index contributed by atoms with van der Waals surface area (Å²) in [4.78, 5) is 0. The van der Waals surface area contributed by atoms with Crippen LogP contribution in [0.1, 0.15) is 13.8 Å². The Hall–Kier alpha value is 0.137. The van der Waals surface area contributed by atoms with Gasteiger partial charge in [0.05, 0.1) is 0 Å². The molecule has 0 aliphatic rings. The molecule has 0 amide bonds. The summed E-state index contributed by atoms with van der Waals surface area (Å²) in [5, 5.41) is 3.34. The first-order chi connectivity index (χ1) is 5.20. The topological polar surface area (TPSA) is 21.3 Å². The van der Waals surface area contributed by atoms with Crippen LogP contribution in [0.4, 0.5) is 0 Å². The monoisotopic (exact) mass is 175 g/mol. The number of nitrogens with one attached hydrogen (secondary N) is 1. The molecule has 2 atom stereocenters. The molecule has 2 unspecified atom stereocenters. The minimum atomic E-state index is -0.822. The van der Waals surface area contributed by atoms with E-state index in [0.717, 1.165) is 19.0 Å². The minimum Gasteiger partial charge on any atom is -0.423 e. The predicted octanol–water partition coefficient (Wildman–Crippen LogP) is 1.23. The zero-order chi connectivity index (χ0) is 8.69. The molecule has 0 fully saturated rings. The molecule has 68 valence electrons. The maximum Gasteiger partial charge on any atom is 0.173 e. The van der Waals surface area contributed by atoms with Crippen molar-refractivity contribution in [2.75, 3.05) is 20.2 Å². The highest BCUT2D eigenvalue weighted by Crippen LogP contribution is 2.05. The molecule has 0 aromatic carbocycles. The maximum absolute atomic E-state index is 5.31. The van der Waals surface area contributed by atoms with Crippen LogP contribution in [0, 0.1) is 5.92 Å². The lowest BCUT2D eigenvalue weighted by molar-refractivity contribution is 0.411. The van der Waals surface area contributed by atoms with Gasteiger partial charge >= 0.3 is 0 Å². The third-order valence-electron chi connectivity index (χ3n) is 1.88. The Morgan fingerprint density at radius 3 is 2.64 bits per heavy atom. The average molecular weight is 175 g/mol. The van der Waals surface area contributed by atoms with Crippen molar-refractivity contribution in [2.24, 2.45) is 5.92 Å². The fraction of sp³-hybridized carbons (Fsp3) is 1.00. The van der Waals surface area contributed by atoms with E-state index in [1.54, 1.807) is 0 Å². The minimum absolute atomic E-state index is 0.775. The van der Waals surface area contributed by atoms with Crippen molar-refractivity contribution in [2.45, 2.75) is 26.4 Å². The van der Waals surface area contributed by atoms with E-state index in [4.69, 9.17) is 4.43 Å². The van der Waals surface area contributed by atoms with Gasteiger partial charge in [-0.2, -0.15) is 0 Å². The molecule has 0 saturated heterocycles. The van der Waals surface area contributed by atoms with Crippen molar-refractivity contribution in [3.63, 3.8) is 0 Å². The predicted molar refractivity (Wildman–Crippen MR) is 52.5 cm³/mol. The molecule has 0 bridgehead atoms. The molecule has 0 aliphatic heterocycles. The van der Waals surface area contributed by atoms with Gasteiger partial charge in [0.2, 0.25) is 0 Å². The Labute approximate surface area is 72.1 Å². The van der Waals surface area contributed by atoms with E-state index in [9.17, 15) is 0 Å². The van der Waals surface area contributed by atoms with Gasteiger partial charge in [0, 0.05) is 7.11 Å². The van der Waals surface area contributed by atoms with E-state index >= 15 is 0 Å². The molecule has 0 spiro atoms. The van der Waals surface area contributed by atoms with Crippen molar-refractivity contribution in [3.8, 4) is 0 Å². The standard InChI is InChI=1S/C8H21NOSi/c1-5-9-6-8(2)7-11(4)10-3/h8-9,11H,5-7H2,1-4H3. The summed E-state index contributed by atoms with van der Waals surface area (Å²) in [6, 6.07) is 1.28. The van der Waals surface area contributed by atoms with Crippen molar-refractivity contribution in [1.82, 2.24) is 5.32 Å². The largest absolute Gasteiger partial charge is 0.423 e. The van der Waals surface area contributed by atoms with Gasteiger partial charge in [-0.25, -0.2) is 0 Å². The lowest BCUT2D eigenvalue weighted by Crippen LogP contribution is -2.24. The molecule has 0 saturated carbocycles. The Bertz CT molecular complexity index is 90.2. The average Bonchev–Trinajstić information content (AvgIpc) is 2.00. The molecule has 0 aromatic heterocycles. The fourth-order valence-electron chi connectivity index (χ4n) is 1.14. The van der Waals surface area contributed by atoms with Crippen LogP contribution in [0.25, 0.3) is 0 Å². The van der Waals surface area contributed by atoms with E-state index in [2.05, 4.69) is 25.7 Å². The molecule has 0 heterocycles. The van der Waals surface area contributed by atoms with Crippen LogP contribution in [-0.2, 0) is 4.43 Å². The molecular weight excluding hydrogens is 154 g/mol. The molecule has 2 nitrogen and oxygen atoms in total. The third-order valence-corrected chi connectivity index (χ3v) is 4.15. The van der Waals surface area contributed by atoms with Gasteiger partial charge in [-0.1, -0.05) is 13.8 Å². The molecule has 0 aromatic rings. The Kier molecular flexibility index (Phi) is 6.91. The number of hydrogen-bond donors (Lipinski definition) is 1. The number of hydrogen-bond acceptors (Lipinski definition) is 2. The van der Waals surface area contributed by atoms with Gasteiger partial charge in [-0.3, -0.25) is 0 Å². The molecule has 0 radical (unpaired) electrons. The first-order valence-corrected chi connectivity index (χ1v) is 6.88. The van der Waals surface area contributed by atoms with Gasteiger partial charge in [-0.05, 0) is 31.6 Å². The van der Waals surface area contributed by atoms with Gasteiger partial charge in [0.15, 0.2) is 9.04 Å². The summed E-state index contributed by atoms with van der Waals surface area (Å²) in [5.74, 6) is 0.775. The molecule has 1 N–H and O–H groups in total. The zero-order valence-corrected chi connectivity index (χ0v) is 9.34. The Morgan fingerprint density at radius 2 is 2.18 bits per heavy atom. The van der Waals surface area contributed by atoms with Crippen molar-refractivity contribution in [1.29, 1.82) is 0 Å². The molecule has 11 heavy (non-hydrogen) atoms. The zero-order valence-electron chi connectivity index (χ0n) is 8.18. The molecule has 3 heteroatoms. The van der Waals surface area contributed by atoms with Crippen LogP contribution in [0.5, 0.6) is 0 Å². The van der Waals surface area contributed by atoms with Gasteiger partial charge < -0.3 is 9.74 Å². The summed E-state index contributed by atoms with van der Waals surface area (Å²) in [6.07, 6.45) is 0. The summed E-state index contributed by atoms with van der Waals surface area (Å²) in [7, 11) is 1.01. The van der Waals surface area contributed by atoms with Gasteiger partial charge in [0.1, 0.15) is 0 Å². The summed E-state index contributed by atoms with van der Waals surface area (Å²) in [5.41, 5.74) is 0. The summed E-state index contributed by atoms with van der Waals surface area (Å²) >= 11 is 0. The Morgan fingerprint density at radius 1 is 1.55 bits per heavy atom. The quantitative estimate of drug-likeness (QED) is 0.613. The lowest BCUT2D eigenvalue weighted by atomic mass is 10.2.